The fourth-order valence-corrected chi connectivity index (χ4v) is 2.06. The van der Waals surface area contributed by atoms with Gasteiger partial charge in [0.1, 0.15) is 14.1 Å². The molecule has 5 nitrogen and oxygen atoms in total. The lowest BCUT2D eigenvalue weighted by Crippen LogP contribution is -2.47. The molecule has 0 bridgehead atoms. The van der Waals surface area contributed by atoms with Gasteiger partial charge in [-0.1, -0.05) is 30.3 Å². The predicted molar refractivity (Wildman–Crippen MR) is 74.9 cm³/mol. The molecule has 2 N–H and O–H groups in total. The first-order valence-electron chi connectivity index (χ1n) is 7.29. The van der Waals surface area contributed by atoms with Gasteiger partial charge in [-0.2, -0.15) is 0 Å². The van der Waals surface area contributed by atoms with Crippen LogP contribution in [0.15, 0.2) is 30.3 Å². The molecule has 108 valence electrons. The fraction of sp³-hybridized carbons (Fsp3) is 0.467. The lowest BCUT2D eigenvalue weighted by atomic mass is 10.2. The van der Waals surface area contributed by atoms with Gasteiger partial charge < -0.3 is 15.4 Å². The summed E-state index contributed by atoms with van der Waals surface area (Å²) < 4.78 is 12.8. The first kappa shape index (κ1) is 13.1. The highest BCUT2D eigenvalue weighted by Gasteiger charge is 2.25. The van der Waals surface area contributed by atoms with E-state index in [-0.39, 0.29) is 12.5 Å². The molecule has 0 aromatic heterocycles. The van der Waals surface area contributed by atoms with Crippen molar-refractivity contribution < 1.29 is 15.7 Å². The Kier molecular flexibility index (Phi) is 4.62. The Hall–Kier alpha value is -1.88. The maximum absolute atomic E-state index is 12.0. The Bertz CT molecular complexity index is 495. The minimum Gasteiger partial charge on any atom is -0.459 e. The van der Waals surface area contributed by atoms with Gasteiger partial charge >= 0.3 is 5.97 Å². The number of benzene rings is 1. The Morgan fingerprint density at radius 1 is 1.50 bits per heavy atom. The van der Waals surface area contributed by atoms with Crippen LogP contribution in [0, 0.1) is 0 Å². The minimum absolute atomic E-state index is 0.188. The number of hydrogen-bond acceptors (Lipinski definition) is 4. The fourth-order valence-electron chi connectivity index (χ4n) is 2.06. The molecule has 0 radical (unpaired) electrons. The van der Waals surface area contributed by atoms with Crippen LogP contribution in [0.25, 0.3) is 0 Å². The van der Waals surface area contributed by atoms with Crippen LogP contribution in [0.4, 0.5) is 0 Å². The van der Waals surface area contributed by atoms with Crippen molar-refractivity contribution in [2.75, 3.05) is 6.54 Å². The average molecular weight is 277 g/mol. The smallest absolute Gasteiger partial charge is 0.328 e. The van der Waals surface area contributed by atoms with E-state index in [1.54, 1.807) is 6.92 Å². The lowest BCUT2D eigenvalue weighted by molar-refractivity contribution is -0.148. The van der Waals surface area contributed by atoms with Crippen molar-refractivity contribution in [3.05, 3.63) is 35.9 Å². The van der Waals surface area contributed by atoms with E-state index < -0.39 is 18.1 Å². The van der Waals surface area contributed by atoms with Crippen LogP contribution in [0.2, 0.25) is 1.41 Å². The molecular weight excluding hydrogens is 256 g/mol. The molecule has 1 saturated heterocycles. The standard InChI is InChI=1S/C15H20N2O3/c1-11(17-14(18)13-8-5-9-16-13)15(19)20-10-12-6-3-2-4-7-12/h2-4,6-7,11,13,16H,5,8-10H2,1H3,(H,17,18)/t11-,13+/m0/s1/i/hD. The third-order valence-corrected chi connectivity index (χ3v) is 3.22. The van der Waals surface area contributed by atoms with Gasteiger partial charge in [-0.25, -0.2) is 4.79 Å². The highest BCUT2D eigenvalue weighted by molar-refractivity contribution is 5.87. The van der Waals surface area contributed by atoms with Gasteiger partial charge in [-0.3, -0.25) is 4.79 Å². The molecule has 0 unspecified atom stereocenters. The van der Waals surface area contributed by atoms with Crippen molar-refractivity contribution in [3.63, 3.8) is 0 Å². The van der Waals surface area contributed by atoms with E-state index in [9.17, 15) is 9.59 Å². The van der Waals surface area contributed by atoms with Gasteiger partial charge in [-0.05, 0) is 31.9 Å². The minimum atomic E-state index is -0.713. The zero-order valence-corrected chi connectivity index (χ0v) is 11.5. The Morgan fingerprint density at radius 2 is 2.25 bits per heavy atom. The molecule has 1 amide bonds. The molecule has 1 aliphatic rings. The van der Waals surface area contributed by atoms with E-state index in [4.69, 9.17) is 6.15 Å². The van der Waals surface area contributed by atoms with Crippen LogP contribution in [-0.2, 0) is 20.9 Å². The van der Waals surface area contributed by atoms with E-state index in [1.807, 2.05) is 30.3 Å². The highest BCUT2D eigenvalue weighted by atomic mass is 16.5. The van der Waals surface area contributed by atoms with Crippen molar-refractivity contribution in [2.45, 2.75) is 38.5 Å². The number of carbonyl (C=O) groups excluding carboxylic acids is 2. The molecule has 5 heteroatoms. The number of nitrogens with one attached hydrogen (secondary N) is 2. The monoisotopic (exact) mass is 277 g/mol. The number of hydrogen-bond donors (Lipinski definition) is 2. The Morgan fingerprint density at radius 3 is 2.90 bits per heavy atom. The van der Waals surface area contributed by atoms with Crippen molar-refractivity contribution in [1.29, 1.82) is 0 Å². The van der Waals surface area contributed by atoms with E-state index in [0.29, 0.717) is 13.0 Å². The predicted octanol–water partition coefficient (Wildman–Crippen LogP) is 0.986. The van der Waals surface area contributed by atoms with Crippen LogP contribution in [-0.4, -0.2) is 30.5 Å². The number of esters is 1. The molecular formula is C15H20N2O3. The molecule has 0 saturated carbocycles. The summed E-state index contributed by atoms with van der Waals surface area (Å²) in [7, 11) is 0. The van der Waals surface area contributed by atoms with Crippen molar-refractivity contribution in [3.8, 4) is 0 Å². The quantitative estimate of drug-likeness (QED) is 0.788. The summed E-state index contributed by atoms with van der Waals surface area (Å²) in [5, 5.41) is 3.87. The number of rotatable bonds is 5. The number of ether oxygens (including phenoxy) is 1. The molecule has 0 spiro atoms. The summed E-state index contributed by atoms with van der Waals surface area (Å²) in [6.45, 7) is 2.37. The first-order chi connectivity index (χ1) is 10.1. The van der Waals surface area contributed by atoms with E-state index in [1.165, 1.54) is 5.31 Å². The van der Waals surface area contributed by atoms with Crippen molar-refractivity contribution in [1.82, 2.24) is 10.6 Å². The van der Waals surface area contributed by atoms with Crippen LogP contribution in [0.5, 0.6) is 0 Å². The second kappa shape index (κ2) is 7.05. The SMILES string of the molecule is [2H]N1CCC[C@@H]1C(=O)N[C@@H](C)C(=O)OCc1ccccc1. The highest BCUT2D eigenvalue weighted by Crippen LogP contribution is 2.06. The van der Waals surface area contributed by atoms with Crippen molar-refractivity contribution >= 4 is 11.9 Å². The van der Waals surface area contributed by atoms with Crippen LogP contribution >= 0.6 is 0 Å². The second-order valence-electron chi connectivity index (χ2n) is 4.89. The molecule has 1 heterocycles. The molecule has 2 atom stereocenters. The maximum Gasteiger partial charge on any atom is 0.328 e. The molecule has 1 aliphatic heterocycles. The van der Waals surface area contributed by atoms with E-state index in [2.05, 4.69) is 5.32 Å². The third kappa shape index (κ3) is 4.06. The van der Waals surface area contributed by atoms with E-state index in [0.717, 1.165) is 12.0 Å². The molecule has 1 aromatic rings. The van der Waals surface area contributed by atoms with E-state index >= 15 is 0 Å². The number of amides is 1. The van der Waals surface area contributed by atoms with Gasteiger partial charge in [0, 0.05) is 0 Å². The van der Waals surface area contributed by atoms with Crippen LogP contribution in [0.3, 0.4) is 0 Å². The summed E-state index contributed by atoms with van der Waals surface area (Å²) >= 11 is 0. The van der Waals surface area contributed by atoms with Gasteiger partial charge in [0.2, 0.25) is 5.91 Å². The maximum atomic E-state index is 12.0. The van der Waals surface area contributed by atoms with Crippen LogP contribution in [0.1, 0.15) is 25.3 Å². The molecule has 1 aromatic carbocycles. The summed E-state index contributed by atoms with van der Waals surface area (Å²) in [4.78, 5) is 23.8. The normalized spacial score (nSPS) is 21.1. The summed E-state index contributed by atoms with van der Waals surface area (Å²) in [5.41, 5.74) is 0.900. The number of carbonyl (C=O) groups is 2. The van der Waals surface area contributed by atoms with Gasteiger partial charge in [0.05, 0.1) is 6.04 Å². The average Bonchev–Trinajstić information content (AvgIpc) is 2.92. The van der Waals surface area contributed by atoms with Gasteiger partial charge in [0.15, 0.2) is 0 Å². The molecule has 2 rings (SSSR count). The second-order valence-corrected chi connectivity index (χ2v) is 4.89. The molecule has 1 fully saturated rings. The van der Waals surface area contributed by atoms with Crippen molar-refractivity contribution in [2.24, 2.45) is 0 Å². The Labute approximate surface area is 120 Å². The van der Waals surface area contributed by atoms with Crippen LogP contribution < -0.4 is 10.6 Å². The van der Waals surface area contributed by atoms with Gasteiger partial charge in [0.25, 0.3) is 0 Å². The Balaban J connectivity index is 1.78. The third-order valence-electron chi connectivity index (χ3n) is 3.22. The first-order valence-corrected chi connectivity index (χ1v) is 6.84. The topological polar surface area (TPSA) is 67.4 Å². The zero-order valence-electron chi connectivity index (χ0n) is 12.5. The summed E-state index contributed by atoms with van der Waals surface area (Å²) in [6.07, 6.45) is 1.48. The summed E-state index contributed by atoms with van der Waals surface area (Å²) in [6, 6.07) is 8.20. The molecule has 20 heavy (non-hydrogen) atoms. The zero-order chi connectivity index (χ0) is 15.2. The largest absolute Gasteiger partial charge is 0.459 e. The molecule has 0 aliphatic carbocycles. The lowest BCUT2D eigenvalue weighted by Gasteiger charge is -2.16. The van der Waals surface area contributed by atoms with Gasteiger partial charge in [-0.15, -0.1) is 0 Å². The summed E-state index contributed by atoms with van der Waals surface area (Å²) in [5.74, 6) is -0.756.